The summed E-state index contributed by atoms with van der Waals surface area (Å²) in [6.07, 6.45) is 3.54. The molecule has 4 rings (SSSR count). The second-order valence-electron chi connectivity index (χ2n) is 6.32. The molecule has 1 saturated heterocycles. The Bertz CT molecular complexity index is 953. The Balaban J connectivity index is 1.67. The first-order valence-electron chi connectivity index (χ1n) is 9.07. The number of carbonyl (C=O) groups is 1. The molecule has 7 heteroatoms. The number of ether oxygens (including phenoxy) is 2. The number of methoxy groups -OCH3 is 1. The molecular weight excluding hydrogens is 374 g/mol. The first-order valence-corrected chi connectivity index (χ1v) is 9.89. The summed E-state index contributed by atoms with van der Waals surface area (Å²) < 4.78 is 10.8. The molecule has 3 aromatic rings. The summed E-state index contributed by atoms with van der Waals surface area (Å²) >= 11 is 1.50. The lowest BCUT2D eigenvalue weighted by molar-refractivity contribution is 0.103. The molecule has 6 nitrogen and oxygen atoms in total. The van der Waals surface area contributed by atoms with Crippen LogP contribution in [0.25, 0.3) is 11.1 Å². The summed E-state index contributed by atoms with van der Waals surface area (Å²) in [6, 6.07) is 13.3. The number of morpholine rings is 1. The summed E-state index contributed by atoms with van der Waals surface area (Å²) in [5.41, 5.74) is 2.74. The highest BCUT2D eigenvalue weighted by molar-refractivity contribution is 7.18. The largest absolute Gasteiger partial charge is 0.495 e. The van der Waals surface area contributed by atoms with Crippen LogP contribution in [0.5, 0.6) is 5.75 Å². The number of anilines is 2. The van der Waals surface area contributed by atoms with Gasteiger partial charge in [-0.15, -0.1) is 11.3 Å². The van der Waals surface area contributed by atoms with Crippen LogP contribution in [0.1, 0.15) is 9.67 Å². The highest BCUT2D eigenvalue weighted by Crippen LogP contribution is 2.39. The zero-order chi connectivity index (χ0) is 19.3. The number of rotatable bonds is 5. The molecule has 0 radical (unpaired) electrons. The molecular formula is C21H21N3O3S. The van der Waals surface area contributed by atoms with E-state index >= 15 is 0 Å². The molecule has 2 aromatic heterocycles. The number of carbonyl (C=O) groups excluding carboxylic acids is 1. The van der Waals surface area contributed by atoms with Gasteiger partial charge in [0.15, 0.2) is 0 Å². The van der Waals surface area contributed by atoms with Gasteiger partial charge in [0.2, 0.25) is 0 Å². The number of hydrogen-bond donors (Lipinski definition) is 1. The van der Waals surface area contributed by atoms with Gasteiger partial charge in [-0.25, -0.2) is 0 Å². The van der Waals surface area contributed by atoms with Gasteiger partial charge in [-0.05, 0) is 35.9 Å². The van der Waals surface area contributed by atoms with Crippen molar-refractivity contribution >= 4 is 27.9 Å². The molecule has 1 amide bonds. The van der Waals surface area contributed by atoms with E-state index in [1.165, 1.54) is 11.3 Å². The van der Waals surface area contributed by atoms with E-state index in [-0.39, 0.29) is 5.91 Å². The van der Waals surface area contributed by atoms with E-state index in [0.29, 0.717) is 29.5 Å². The topological polar surface area (TPSA) is 63.7 Å². The molecule has 0 bridgehead atoms. The van der Waals surface area contributed by atoms with Crippen LogP contribution in [0.2, 0.25) is 0 Å². The number of amides is 1. The van der Waals surface area contributed by atoms with Crippen LogP contribution in [-0.4, -0.2) is 44.3 Å². The van der Waals surface area contributed by atoms with Crippen LogP contribution < -0.4 is 15.0 Å². The number of hydrogen-bond acceptors (Lipinski definition) is 6. The number of thiophene rings is 1. The van der Waals surface area contributed by atoms with Crippen molar-refractivity contribution in [2.75, 3.05) is 43.6 Å². The Hall–Kier alpha value is -2.90. The maximum Gasteiger partial charge on any atom is 0.265 e. The molecule has 0 atom stereocenters. The lowest BCUT2D eigenvalue weighted by atomic mass is 10.1. The first kappa shape index (κ1) is 18.5. The molecule has 28 heavy (non-hydrogen) atoms. The van der Waals surface area contributed by atoms with E-state index in [2.05, 4.69) is 15.2 Å². The highest BCUT2D eigenvalue weighted by atomic mass is 32.1. The number of nitrogens with zero attached hydrogens (tertiary/aromatic N) is 2. The molecule has 1 N–H and O–H groups in total. The normalized spacial score (nSPS) is 14.0. The average Bonchev–Trinajstić information content (AvgIpc) is 3.21. The molecule has 3 heterocycles. The van der Waals surface area contributed by atoms with E-state index in [4.69, 9.17) is 9.47 Å². The van der Waals surface area contributed by atoms with E-state index in [0.717, 1.165) is 29.2 Å². The molecule has 0 spiro atoms. The molecule has 1 aliphatic rings. The fourth-order valence-electron chi connectivity index (χ4n) is 3.16. The minimum Gasteiger partial charge on any atom is -0.495 e. The van der Waals surface area contributed by atoms with E-state index in [9.17, 15) is 4.79 Å². The minimum absolute atomic E-state index is 0.149. The van der Waals surface area contributed by atoms with Gasteiger partial charge in [-0.2, -0.15) is 0 Å². The quantitative estimate of drug-likeness (QED) is 0.710. The lowest BCUT2D eigenvalue weighted by Gasteiger charge is -2.28. The Morgan fingerprint density at radius 1 is 1.18 bits per heavy atom. The molecule has 0 unspecified atom stereocenters. The van der Waals surface area contributed by atoms with Crippen molar-refractivity contribution in [2.45, 2.75) is 0 Å². The Labute approximate surface area is 167 Å². The van der Waals surface area contributed by atoms with Gasteiger partial charge in [-0.3, -0.25) is 9.78 Å². The zero-order valence-corrected chi connectivity index (χ0v) is 16.4. The van der Waals surface area contributed by atoms with Gasteiger partial charge in [0, 0.05) is 31.0 Å². The monoisotopic (exact) mass is 395 g/mol. The summed E-state index contributed by atoms with van der Waals surface area (Å²) in [5, 5.41) is 4.05. The van der Waals surface area contributed by atoms with Crippen molar-refractivity contribution < 1.29 is 14.3 Å². The van der Waals surface area contributed by atoms with E-state index in [1.54, 1.807) is 19.5 Å². The van der Waals surface area contributed by atoms with E-state index in [1.807, 2.05) is 42.5 Å². The predicted molar refractivity (Wildman–Crippen MR) is 112 cm³/mol. The number of pyridine rings is 1. The van der Waals surface area contributed by atoms with Gasteiger partial charge in [0.1, 0.15) is 5.75 Å². The maximum absolute atomic E-state index is 13.0. The fraction of sp³-hybridized carbons (Fsp3) is 0.238. The van der Waals surface area contributed by atoms with Gasteiger partial charge in [-0.1, -0.05) is 12.1 Å². The van der Waals surface area contributed by atoms with Gasteiger partial charge >= 0.3 is 0 Å². The summed E-state index contributed by atoms with van der Waals surface area (Å²) in [4.78, 5) is 20.0. The molecule has 1 aromatic carbocycles. The van der Waals surface area contributed by atoms with Crippen LogP contribution in [0.15, 0.2) is 54.9 Å². The molecule has 1 fully saturated rings. The molecule has 0 aliphatic carbocycles. The van der Waals surface area contributed by atoms with Crippen molar-refractivity contribution in [1.29, 1.82) is 0 Å². The van der Waals surface area contributed by atoms with Crippen molar-refractivity contribution in [3.63, 3.8) is 0 Å². The summed E-state index contributed by atoms with van der Waals surface area (Å²) in [6.45, 7) is 3.01. The first-order chi connectivity index (χ1) is 13.8. The Morgan fingerprint density at radius 2 is 1.93 bits per heavy atom. The number of nitrogens with one attached hydrogen (secondary N) is 1. The third kappa shape index (κ3) is 3.85. The molecule has 1 aliphatic heterocycles. The fourth-order valence-corrected chi connectivity index (χ4v) is 4.29. The van der Waals surface area contributed by atoms with Crippen LogP contribution in [0.4, 0.5) is 10.7 Å². The lowest BCUT2D eigenvalue weighted by Crippen LogP contribution is -2.35. The second-order valence-corrected chi connectivity index (χ2v) is 7.35. The van der Waals surface area contributed by atoms with Crippen molar-refractivity contribution in [3.8, 4) is 16.9 Å². The van der Waals surface area contributed by atoms with E-state index < -0.39 is 0 Å². The van der Waals surface area contributed by atoms with Crippen molar-refractivity contribution in [3.05, 3.63) is 59.7 Å². The van der Waals surface area contributed by atoms with Gasteiger partial charge in [0.25, 0.3) is 5.91 Å². The minimum atomic E-state index is -0.149. The van der Waals surface area contributed by atoms with Crippen LogP contribution in [-0.2, 0) is 4.74 Å². The second kappa shape index (κ2) is 8.41. The van der Waals surface area contributed by atoms with Crippen LogP contribution in [0, 0.1) is 0 Å². The number of aromatic nitrogens is 1. The summed E-state index contributed by atoms with van der Waals surface area (Å²) in [7, 11) is 1.59. The average molecular weight is 395 g/mol. The summed E-state index contributed by atoms with van der Waals surface area (Å²) in [5.74, 6) is 0.486. The molecule has 0 saturated carbocycles. The van der Waals surface area contributed by atoms with Crippen LogP contribution in [0.3, 0.4) is 0 Å². The third-order valence-electron chi connectivity index (χ3n) is 4.58. The highest BCUT2D eigenvalue weighted by Gasteiger charge is 2.22. The number of benzene rings is 1. The molecule has 144 valence electrons. The van der Waals surface area contributed by atoms with Gasteiger partial charge in [0.05, 0.1) is 35.9 Å². The SMILES string of the molecule is COc1ccccc1NC(=O)c1cc(-c2ccncc2)c(N2CCOCC2)s1. The smallest absolute Gasteiger partial charge is 0.265 e. The van der Waals surface area contributed by atoms with Crippen molar-refractivity contribution in [1.82, 2.24) is 4.98 Å². The third-order valence-corrected chi connectivity index (χ3v) is 5.78. The van der Waals surface area contributed by atoms with Gasteiger partial charge < -0.3 is 19.7 Å². The van der Waals surface area contributed by atoms with Crippen molar-refractivity contribution in [2.24, 2.45) is 0 Å². The maximum atomic E-state index is 13.0. The number of para-hydroxylation sites is 2. The van der Waals surface area contributed by atoms with Crippen LogP contribution >= 0.6 is 11.3 Å². The Kier molecular flexibility index (Phi) is 5.55. The predicted octanol–water partition coefficient (Wildman–Crippen LogP) is 3.91. The standard InChI is InChI=1S/C21H21N3O3S/c1-26-18-5-3-2-4-17(18)23-20(25)19-14-16(15-6-8-22-9-7-15)21(28-19)24-10-12-27-13-11-24/h2-9,14H,10-13H2,1H3,(H,23,25). The zero-order valence-electron chi connectivity index (χ0n) is 15.6. The Morgan fingerprint density at radius 3 is 2.68 bits per heavy atom.